The summed E-state index contributed by atoms with van der Waals surface area (Å²) in [6.07, 6.45) is 2.44. The van der Waals surface area contributed by atoms with Crippen LogP contribution in [0.5, 0.6) is 0 Å². The molecule has 3 aromatic rings. The molecular formula is C17H18N4O2. The quantitative estimate of drug-likeness (QED) is 0.785. The predicted molar refractivity (Wildman–Crippen MR) is 85.9 cm³/mol. The number of nitrogens with one attached hydrogen (secondary N) is 1. The molecule has 6 heteroatoms. The number of aromatic nitrogens is 3. The van der Waals surface area contributed by atoms with Gasteiger partial charge in [0.2, 0.25) is 0 Å². The Balaban J connectivity index is 1.64. The maximum absolute atomic E-state index is 12.3. The largest absolute Gasteiger partial charge is 0.460 e. The number of hydrogen-bond donors (Lipinski definition) is 1. The molecule has 3 aromatic heterocycles. The molecule has 0 saturated heterocycles. The van der Waals surface area contributed by atoms with Crippen LogP contribution in [0.25, 0.3) is 11.5 Å². The number of rotatable bonds is 5. The fraction of sp³-hybridized carbons (Fsp3) is 0.235. The van der Waals surface area contributed by atoms with Gasteiger partial charge in [-0.1, -0.05) is 6.07 Å². The minimum atomic E-state index is -0.162. The highest BCUT2D eigenvalue weighted by atomic mass is 16.3. The van der Waals surface area contributed by atoms with Gasteiger partial charge >= 0.3 is 0 Å². The van der Waals surface area contributed by atoms with E-state index in [1.54, 1.807) is 24.0 Å². The summed E-state index contributed by atoms with van der Waals surface area (Å²) in [5.41, 5.74) is 2.09. The van der Waals surface area contributed by atoms with E-state index in [-0.39, 0.29) is 5.91 Å². The number of carbonyl (C=O) groups excluding carboxylic acids is 1. The van der Waals surface area contributed by atoms with Crippen LogP contribution in [0.2, 0.25) is 0 Å². The first-order chi connectivity index (χ1) is 11.1. The van der Waals surface area contributed by atoms with E-state index >= 15 is 0 Å². The normalized spacial score (nSPS) is 10.7. The number of nitrogens with zero attached hydrogens (tertiary/aromatic N) is 3. The summed E-state index contributed by atoms with van der Waals surface area (Å²) in [6, 6.07) is 11.2. The fourth-order valence-electron chi connectivity index (χ4n) is 2.31. The van der Waals surface area contributed by atoms with Crippen LogP contribution in [0.4, 0.5) is 0 Å². The molecule has 0 aliphatic heterocycles. The lowest BCUT2D eigenvalue weighted by atomic mass is 10.2. The van der Waals surface area contributed by atoms with Gasteiger partial charge in [0.15, 0.2) is 5.76 Å². The Kier molecular flexibility index (Phi) is 4.23. The molecular weight excluding hydrogens is 292 g/mol. The van der Waals surface area contributed by atoms with Crippen molar-refractivity contribution in [3.63, 3.8) is 0 Å². The number of hydrogen-bond acceptors (Lipinski definition) is 4. The second-order valence-corrected chi connectivity index (χ2v) is 5.28. The molecule has 0 fully saturated rings. The van der Waals surface area contributed by atoms with Crippen molar-refractivity contribution < 1.29 is 9.21 Å². The highest BCUT2D eigenvalue weighted by Crippen LogP contribution is 2.21. The van der Waals surface area contributed by atoms with Gasteiger partial charge in [0.05, 0.1) is 0 Å². The van der Waals surface area contributed by atoms with Crippen LogP contribution in [-0.4, -0.2) is 27.2 Å². The minimum absolute atomic E-state index is 0.162. The summed E-state index contributed by atoms with van der Waals surface area (Å²) in [5, 5.41) is 7.22. The van der Waals surface area contributed by atoms with Gasteiger partial charge in [-0.3, -0.25) is 14.5 Å². The maximum Gasteiger partial charge on any atom is 0.269 e. The smallest absolute Gasteiger partial charge is 0.269 e. The highest BCUT2D eigenvalue weighted by Gasteiger charge is 2.15. The Morgan fingerprint density at radius 3 is 2.87 bits per heavy atom. The lowest BCUT2D eigenvalue weighted by Gasteiger charge is -2.04. The average molecular weight is 310 g/mol. The molecule has 0 aliphatic rings. The van der Waals surface area contributed by atoms with E-state index in [1.807, 2.05) is 37.3 Å². The summed E-state index contributed by atoms with van der Waals surface area (Å²) in [6.45, 7) is 2.40. The van der Waals surface area contributed by atoms with Gasteiger partial charge in [-0.2, -0.15) is 5.10 Å². The van der Waals surface area contributed by atoms with Crippen molar-refractivity contribution >= 4 is 5.91 Å². The van der Waals surface area contributed by atoms with Crippen molar-refractivity contribution in [3.05, 3.63) is 59.7 Å². The van der Waals surface area contributed by atoms with Crippen molar-refractivity contribution in [2.75, 3.05) is 6.54 Å². The standard InChI is InChI=1S/C17H18N4O2/c1-12-6-7-16(23-12)14-11-15(21(2)20-14)17(22)19-10-8-13-5-3-4-9-18-13/h3-7,9,11H,8,10H2,1-2H3,(H,19,22). The highest BCUT2D eigenvalue weighted by molar-refractivity contribution is 5.93. The van der Waals surface area contributed by atoms with E-state index in [4.69, 9.17) is 4.42 Å². The van der Waals surface area contributed by atoms with E-state index in [0.29, 0.717) is 30.1 Å². The number of pyridine rings is 1. The Bertz CT molecular complexity index is 805. The minimum Gasteiger partial charge on any atom is -0.460 e. The molecule has 0 saturated carbocycles. The molecule has 3 heterocycles. The predicted octanol–water partition coefficient (Wildman–Crippen LogP) is 2.36. The van der Waals surface area contributed by atoms with Crippen LogP contribution in [-0.2, 0) is 13.5 Å². The van der Waals surface area contributed by atoms with Crippen molar-refractivity contribution in [2.24, 2.45) is 7.05 Å². The topological polar surface area (TPSA) is 73.0 Å². The van der Waals surface area contributed by atoms with Crippen LogP contribution in [0.3, 0.4) is 0 Å². The first-order valence-electron chi connectivity index (χ1n) is 7.42. The first-order valence-corrected chi connectivity index (χ1v) is 7.42. The van der Waals surface area contributed by atoms with Gasteiger partial charge in [0.25, 0.3) is 5.91 Å². The Hall–Kier alpha value is -2.89. The van der Waals surface area contributed by atoms with Gasteiger partial charge in [0.1, 0.15) is 17.1 Å². The Morgan fingerprint density at radius 2 is 2.17 bits per heavy atom. The van der Waals surface area contributed by atoms with Gasteiger partial charge < -0.3 is 9.73 Å². The Morgan fingerprint density at radius 1 is 1.30 bits per heavy atom. The molecule has 6 nitrogen and oxygen atoms in total. The van der Waals surface area contributed by atoms with Crippen LogP contribution in [0.1, 0.15) is 21.9 Å². The Labute approximate surface area is 134 Å². The number of amides is 1. The third-order valence-electron chi connectivity index (χ3n) is 3.50. The third kappa shape index (κ3) is 3.48. The molecule has 0 unspecified atom stereocenters. The van der Waals surface area contributed by atoms with Gasteiger partial charge in [0, 0.05) is 38.0 Å². The molecule has 0 aromatic carbocycles. The molecule has 118 valence electrons. The van der Waals surface area contributed by atoms with Crippen molar-refractivity contribution in [1.82, 2.24) is 20.1 Å². The number of aryl methyl sites for hydroxylation is 2. The van der Waals surface area contributed by atoms with Crippen LogP contribution in [0.15, 0.2) is 47.0 Å². The molecule has 0 aliphatic carbocycles. The summed E-state index contributed by atoms with van der Waals surface area (Å²) >= 11 is 0. The van der Waals surface area contributed by atoms with Crippen molar-refractivity contribution in [2.45, 2.75) is 13.3 Å². The second kappa shape index (κ2) is 6.48. The maximum atomic E-state index is 12.3. The van der Waals surface area contributed by atoms with Gasteiger partial charge in [-0.15, -0.1) is 0 Å². The zero-order valence-corrected chi connectivity index (χ0v) is 13.1. The monoisotopic (exact) mass is 310 g/mol. The van der Waals surface area contributed by atoms with E-state index in [2.05, 4.69) is 15.4 Å². The van der Waals surface area contributed by atoms with E-state index in [9.17, 15) is 4.79 Å². The molecule has 0 spiro atoms. The summed E-state index contributed by atoms with van der Waals surface area (Å²) < 4.78 is 7.10. The van der Waals surface area contributed by atoms with Crippen molar-refractivity contribution in [1.29, 1.82) is 0 Å². The molecule has 3 rings (SSSR count). The number of carbonyl (C=O) groups is 1. The third-order valence-corrected chi connectivity index (χ3v) is 3.50. The van der Waals surface area contributed by atoms with E-state index in [1.165, 1.54) is 0 Å². The zero-order valence-electron chi connectivity index (χ0n) is 13.1. The second-order valence-electron chi connectivity index (χ2n) is 5.28. The summed E-state index contributed by atoms with van der Waals surface area (Å²) in [4.78, 5) is 16.5. The summed E-state index contributed by atoms with van der Waals surface area (Å²) in [5.74, 6) is 1.31. The average Bonchev–Trinajstić information content (AvgIpc) is 3.14. The number of furan rings is 1. The van der Waals surface area contributed by atoms with Crippen LogP contribution in [0, 0.1) is 6.92 Å². The zero-order chi connectivity index (χ0) is 16.2. The lowest BCUT2D eigenvalue weighted by Crippen LogP contribution is -2.27. The van der Waals surface area contributed by atoms with Crippen LogP contribution < -0.4 is 5.32 Å². The fourth-order valence-corrected chi connectivity index (χ4v) is 2.31. The molecule has 23 heavy (non-hydrogen) atoms. The van der Waals surface area contributed by atoms with Gasteiger partial charge in [-0.05, 0) is 31.2 Å². The molecule has 1 amide bonds. The molecule has 1 N–H and O–H groups in total. The molecule has 0 atom stereocenters. The van der Waals surface area contributed by atoms with Gasteiger partial charge in [-0.25, -0.2) is 0 Å². The molecule has 0 bridgehead atoms. The van der Waals surface area contributed by atoms with E-state index in [0.717, 1.165) is 11.5 Å². The van der Waals surface area contributed by atoms with Crippen molar-refractivity contribution in [3.8, 4) is 11.5 Å². The first kappa shape index (κ1) is 15.0. The molecule has 0 radical (unpaired) electrons. The SMILES string of the molecule is Cc1ccc(-c2cc(C(=O)NCCc3ccccn3)n(C)n2)o1. The van der Waals surface area contributed by atoms with E-state index < -0.39 is 0 Å². The lowest BCUT2D eigenvalue weighted by molar-refractivity contribution is 0.0944. The summed E-state index contributed by atoms with van der Waals surface area (Å²) in [7, 11) is 1.74. The van der Waals surface area contributed by atoms with Crippen LogP contribution >= 0.6 is 0 Å².